The van der Waals surface area contributed by atoms with Gasteiger partial charge in [0.2, 0.25) is 0 Å². The van der Waals surface area contributed by atoms with E-state index in [9.17, 15) is 0 Å². The second-order valence-corrected chi connectivity index (χ2v) is 6.51. The van der Waals surface area contributed by atoms with E-state index in [2.05, 4.69) is 13.8 Å². The molecule has 2 aliphatic carbocycles. The first kappa shape index (κ1) is 9.00. The maximum Gasteiger partial charge on any atom is 0.113 e. The standard InChI is InChI=1S/C13H20O2/c1-12(2)9-4-3-8-5-6-10-11(14-10)13(8,7-9)15-12/h8-11H,3-7H2,1-2H3/t8?,9-,10+,11+,13-/m1/s1. The van der Waals surface area contributed by atoms with Gasteiger partial charge in [0.15, 0.2) is 0 Å². The van der Waals surface area contributed by atoms with Gasteiger partial charge in [-0.3, -0.25) is 0 Å². The molecule has 2 saturated carbocycles. The Labute approximate surface area is 91.3 Å². The molecule has 0 amide bonds. The lowest BCUT2D eigenvalue weighted by Crippen LogP contribution is -2.48. The third kappa shape index (κ3) is 0.980. The molecule has 0 aromatic rings. The number of ether oxygens (including phenoxy) is 2. The Balaban J connectivity index is 1.76. The van der Waals surface area contributed by atoms with Crippen LogP contribution in [0.25, 0.3) is 0 Å². The fourth-order valence-electron chi connectivity index (χ4n) is 4.54. The maximum atomic E-state index is 6.49. The van der Waals surface area contributed by atoms with Crippen molar-refractivity contribution in [2.45, 2.75) is 69.4 Å². The van der Waals surface area contributed by atoms with Crippen molar-refractivity contribution in [3.63, 3.8) is 0 Å². The minimum absolute atomic E-state index is 0.0998. The molecular formula is C13H20O2. The van der Waals surface area contributed by atoms with Crippen molar-refractivity contribution < 1.29 is 9.47 Å². The number of epoxide rings is 1. The Kier molecular flexibility index (Phi) is 1.46. The summed E-state index contributed by atoms with van der Waals surface area (Å²) < 4.78 is 12.3. The van der Waals surface area contributed by atoms with Gasteiger partial charge in [-0.05, 0) is 57.8 Å². The molecule has 0 radical (unpaired) electrons. The lowest BCUT2D eigenvalue weighted by molar-refractivity contribution is -0.131. The van der Waals surface area contributed by atoms with Crippen LogP contribution in [-0.2, 0) is 9.47 Å². The molecule has 2 aliphatic heterocycles. The first-order valence-electron chi connectivity index (χ1n) is 6.47. The Morgan fingerprint density at radius 2 is 1.73 bits per heavy atom. The molecular weight excluding hydrogens is 188 g/mol. The van der Waals surface area contributed by atoms with Gasteiger partial charge in [0.05, 0.1) is 11.7 Å². The predicted molar refractivity (Wildman–Crippen MR) is 56.6 cm³/mol. The molecule has 1 unspecified atom stereocenters. The van der Waals surface area contributed by atoms with Crippen molar-refractivity contribution in [3.8, 4) is 0 Å². The quantitative estimate of drug-likeness (QED) is 0.570. The molecule has 2 bridgehead atoms. The fourth-order valence-corrected chi connectivity index (χ4v) is 4.54. The van der Waals surface area contributed by atoms with Gasteiger partial charge in [-0.1, -0.05) is 0 Å². The van der Waals surface area contributed by atoms with Gasteiger partial charge in [0, 0.05) is 0 Å². The summed E-state index contributed by atoms with van der Waals surface area (Å²) in [5, 5.41) is 0. The third-order valence-electron chi connectivity index (χ3n) is 5.42. The molecule has 0 aromatic heterocycles. The van der Waals surface area contributed by atoms with Gasteiger partial charge >= 0.3 is 0 Å². The van der Waals surface area contributed by atoms with Crippen molar-refractivity contribution in [2.75, 3.05) is 0 Å². The van der Waals surface area contributed by atoms with E-state index in [1.165, 1.54) is 32.1 Å². The van der Waals surface area contributed by atoms with Gasteiger partial charge in [-0.25, -0.2) is 0 Å². The van der Waals surface area contributed by atoms with Crippen LogP contribution in [0.15, 0.2) is 0 Å². The summed E-state index contributed by atoms with van der Waals surface area (Å²) in [4.78, 5) is 0. The smallest absolute Gasteiger partial charge is 0.113 e. The van der Waals surface area contributed by atoms with Gasteiger partial charge in [-0.2, -0.15) is 0 Å². The Hall–Kier alpha value is -0.0800. The summed E-state index contributed by atoms with van der Waals surface area (Å²) in [5.74, 6) is 1.57. The Bertz CT molecular complexity index is 312. The lowest BCUT2D eigenvalue weighted by atomic mass is 9.64. The molecule has 2 heterocycles. The normalized spacial score (nSPS) is 59.6. The van der Waals surface area contributed by atoms with Crippen LogP contribution in [0.4, 0.5) is 0 Å². The molecule has 2 saturated heterocycles. The molecule has 1 spiro atoms. The van der Waals surface area contributed by atoms with Gasteiger partial charge in [0.1, 0.15) is 11.7 Å². The minimum atomic E-state index is 0.0998. The largest absolute Gasteiger partial charge is 0.366 e. The monoisotopic (exact) mass is 208 g/mol. The van der Waals surface area contributed by atoms with Crippen molar-refractivity contribution in [3.05, 3.63) is 0 Å². The molecule has 0 N–H and O–H groups in total. The highest BCUT2D eigenvalue weighted by Crippen LogP contribution is 2.62. The summed E-state index contributed by atoms with van der Waals surface area (Å²) in [6.07, 6.45) is 7.65. The van der Waals surface area contributed by atoms with E-state index in [1.54, 1.807) is 0 Å². The van der Waals surface area contributed by atoms with E-state index in [1.807, 2.05) is 0 Å². The maximum absolute atomic E-state index is 6.49. The summed E-state index contributed by atoms with van der Waals surface area (Å²) >= 11 is 0. The second kappa shape index (κ2) is 2.43. The molecule has 2 heteroatoms. The number of fused-ring (bicyclic) bond motifs is 2. The first-order chi connectivity index (χ1) is 7.12. The number of rotatable bonds is 0. The molecule has 5 atom stereocenters. The van der Waals surface area contributed by atoms with Crippen LogP contribution in [0.1, 0.15) is 46.0 Å². The topological polar surface area (TPSA) is 21.8 Å². The molecule has 2 nitrogen and oxygen atoms in total. The van der Waals surface area contributed by atoms with E-state index in [0.29, 0.717) is 12.2 Å². The van der Waals surface area contributed by atoms with E-state index >= 15 is 0 Å². The molecule has 4 rings (SSSR count). The Morgan fingerprint density at radius 1 is 1.00 bits per heavy atom. The van der Waals surface area contributed by atoms with Crippen LogP contribution < -0.4 is 0 Å². The number of hydrogen-bond acceptors (Lipinski definition) is 2. The van der Waals surface area contributed by atoms with Crippen molar-refractivity contribution >= 4 is 0 Å². The summed E-state index contributed by atoms with van der Waals surface area (Å²) in [5.41, 5.74) is 0.234. The second-order valence-electron chi connectivity index (χ2n) is 6.51. The van der Waals surface area contributed by atoms with Crippen LogP contribution in [0.3, 0.4) is 0 Å². The van der Waals surface area contributed by atoms with Gasteiger partial charge < -0.3 is 9.47 Å². The van der Waals surface area contributed by atoms with Crippen molar-refractivity contribution in [1.82, 2.24) is 0 Å². The van der Waals surface area contributed by atoms with E-state index in [0.717, 1.165) is 11.8 Å². The van der Waals surface area contributed by atoms with Crippen molar-refractivity contribution in [1.29, 1.82) is 0 Å². The van der Waals surface area contributed by atoms with Gasteiger partial charge in [0.25, 0.3) is 0 Å². The number of hydrogen-bond donors (Lipinski definition) is 0. The first-order valence-corrected chi connectivity index (χ1v) is 6.47. The van der Waals surface area contributed by atoms with Crippen LogP contribution in [0.5, 0.6) is 0 Å². The highest BCUT2D eigenvalue weighted by atomic mass is 16.6. The Morgan fingerprint density at radius 3 is 2.60 bits per heavy atom. The van der Waals surface area contributed by atoms with Crippen LogP contribution >= 0.6 is 0 Å². The zero-order valence-corrected chi connectivity index (χ0v) is 9.66. The third-order valence-corrected chi connectivity index (χ3v) is 5.42. The summed E-state index contributed by atoms with van der Waals surface area (Å²) in [6.45, 7) is 4.56. The molecule has 15 heavy (non-hydrogen) atoms. The predicted octanol–water partition coefficient (Wildman–Crippen LogP) is 2.51. The molecule has 84 valence electrons. The highest BCUT2D eigenvalue weighted by Gasteiger charge is 2.69. The van der Waals surface area contributed by atoms with Crippen LogP contribution in [-0.4, -0.2) is 23.4 Å². The SMILES string of the molecule is CC1(C)O[C@]23C[C@H]1CCC2CC[C@@H]1O[C@@H]13. The zero-order chi connectivity index (χ0) is 10.3. The van der Waals surface area contributed by atoms with Crippen LogP contribution in [0, 0.1) is 11.8 Å². The van der Waals surface area contributed by atoms with Gasteiger partial charge in [-0.15, -0.1) is 0 Å². The average Bonchev–Trinajstić information content (AvgIpc) is 2.91. The van der Waals surface area contributed by atoms with E-state index in [4.69, 9.17) is 9.47 Å². The average molecular weight is 208 g/mol. The molecule has 4 fully saturated rings. The lowest BCUT2D eigenvalue weighted by Gasteiger charge is -2.41. The van der Waals surface area contributed by atoms with E-state index < -0.39 is 0 Å². The molecule has 0 aromatic carbocycles. The highest BCUT2D eigenvalue weighted by molar-refractivity contribution is 5.17. The fraction of sp³-hybridized carbons (Fsp3) is 1.00. The molecule has 4 aliphatic rings. The minimum Gasteiger partial charge on any atom is -0.366 e. The van der Waals surface area contributed by atoms with Crippen LogP contribution in [0.2, 0.25) is 0 Å². The van der Waals surface area contributed by atoms with E-state index in [-0.39, 0.29) is 11.2 Å². The summed E-state index contributed by atoms with van der Waals surface area (Å²) in [7, 11) is 0. The zero-order valence-electron chi connectivity index (χ0n) is 9.66. The van der Waals surface area contributed by atoms with Crippen molar-refractivity contribution in [2.24, 2.45) is 11.8 Å². The summed E-state index contributed by atoms with van der Waals surface area (Å²) in [6, 6.07) is 0.